The summed E-state index contributed by atoms with van der Waals surface area (Å²) in [6.45, 7) is 1.10. The number of nitrogens with zero attached hydrogens (tertiary/aromatic N) is 2. The van der Waals surface area contributed by atoms with E-state index in [0.29, 0.717) is 41.3 Å². The molecule has 0 radical (unpaired) electrons. The molecule has 162 valence electrons. The van der Waals surface area contributed by atoms with E-state index in [-0.39, 0.29) is 10.6 Å². The smallest absolute Gasteiger partial charge is 0.271 e. The minimum Gasteiger partial charge on any atom is -0.497 e. The van der Waals surface area contributed by atoms with Gasteiger partial charge in [0.2, 0.25) is 0 Å². The predicted octanol–water partition coefficient (Wildman–Crippen LogP) is 2.84. The highest BCUT2D eigenvalue weighted by Gasteiger charge is 2.26. The summed E-state index contributed by atoms with van der Waals surface area (Å²) in [6.07, 6.45) is 1.48. The van der Waals surface area contributed by atoms with E-state index in [1.165, 1.54) is 36.5 Å². The molecule has 1 heterocycles. The topological polar surface area (TPSA) is 79.2 Å². The summed E-state index contributed by atoms with van der Waals surface area (Å²) in [5.74, 6) is 1.76. The molecule has 0 fully saturated rings. The van der Waals surface area contributed by atoms with Crippen LogP contribution in [0.3, 0.4) is 0 Å². The molecule has 1 aromatic heterocycles. The number of fused-ring (bicyclic) bond motifs is 1. The maximum atomic E-state index is 13.5. The third-order valence-corrected chi connectivity index (χ3v) is 6.36. The Morgan fingerprint density at radius 2 is 1.57 bits per heavy atom. The monoisotopic (exact) mass is 434 g/mol. The van der Waals surface area contributed by atoms with E-state index < -0.39 is 10.0 Å². The van der Waals surface area contributed by atoms with Crippen LogP contribution in [-0.4, -0.2) is 65.9 Å². The fraction of sp³-hybridized carbons (Fsp3) is 0.333. The Balaban J connectivity index is 2.15. The molecular formula is C21H26N2O6S. The van der Waals surface area contributed by atoms with E-state index in [9.17, 15) is 8.42 Å². The molecule has 0 N–H and O–H groups in total. The molecule has 2 aromatic carbocycles. The van der Waals surface area contributed by atoms with Gasteiger partial charge in [-0.1, -0.05) is 0 Å². The first-order chi connectivity index (χ1) is 14.3. The third kappa shape index (κ3) is 4.17. The van der Waals surface area contributed by atoms with Crippen molar-refractivity contribution in [2.45, 2.75) is 4.90 Å². The second kappa shape index (κ2) is 8.85. The SMILES string of the molecule is COc1ccc(S(=O)(=O)n2cc(OCCN(C)C)c3cc(OC)ccc32)c(OC)c1. The van der Waals surface area contributed by atoms with Crippen molar-refractivity contribution >= 4 is 20.9 Å². The van der Waals surface area contributed by atoms with Gasteiger partial charge in [0.15, 0.2) is 0 Å². The summed E-state index contributed by atoms with van der Waals surface area (Å²) in [5, 5.41) is 0.643. The molecule has 0 atom stereocenters. The molecule has 0 unspecified atom stereocenters. The van der Waals surface area contributed by atoms with Crippen molar-refractivity contribution in [2.24, 2.45) is 0 Å². The lowest BCUT2D eigenvalue weighted by Crippen LogP contribution is -2.19. The van der Waals surface area contributed by atoms with Crippen molar-refractivity contribution in [1.29, 1.82) is 0 Å². The van der Waals surface area contributed by atoms with E-state index >= 15 is 0 Å². The van der Waals surface area contributed by atoms with Gasteiger partial charge in [-0.15, -0.1) is 0 Å². The van der Waals surface area contributed by atoms with Crippen LogP contribution in [-0.2, 0) is 10.0 Å². The Kier molecular flexibility index (Phi) is 6.42. The first-order valence-electron chi connectivity index (χ1n) is 9.26. The summed E-state index contributed by atoms with van der Waals surface area (Å²) in [5.41, 5.74) is 0.480. The Hall–Kier alpha value is -2.91. The fourth-order valence-electron chi connectivity index (χ4n) is 3.02. The minimum absolute atomic E-state index is 0.0263. The van der Waals surface area contributed by atoms with E-state index in [4.69, 9.17) is 18.9 Å². The lowest BCUT2D eigenvalue weighted by molar-refractivity contribution is 0.263. The van der Waals surface area contributed by atoms with Gasteiger partial charge in [0.1, 0.15) is 34.5 Å². The maximum Gasteiger partial charge on any atom is 0.271 e. The number of aromatic nitrogens is 1. The Labute approximate surface area is 176 Å². The first-order valence-corrected chi connectivity index (χ1v) is 10.7. The van der Waals surface area contributed by atoms with Gasteiger partial charge in [0.05, 0.1) is 33.0 Å². The van der Waals surface area contributed by atoms with Gasteiger partial charge >= 0.3 is 0 Å². The second-order valence-corrected chi connectivity index (χ2v) is 8.63. The Bertz CT molecular complexity index is 1140. The molecule has 0 aliphatic heterocycles. The molecule has 0 aliphatic rings. The molecular weight excluding hydrogens is 408 g/mol. The normalized spacial score (nSPS) is 11.7. The summed E-state index contributed by atoms with van der Waals surface area (Å²) in [4.78, 5) is 2.01. The molecule has 0 spiro atoms. The van der Waals surface area contributed by atoms with E-state index in [0.717, 1.165) is 0 Å². The van der Waals surface area contributed by atoms with Crippen molar-refractivity contribution in [3.63, 3.8) is 0 Å². The van der Waals surface area contributed by atoms with Gasteiger partial charge in [-0.25, -0.2) is 12.4 Å². The van der Waals surface area contributed by atoms with E-state index in [1.54, 1.807) is 31.4 Å². The summed E-state index contributed by atoms with van der Waals surface area (Å²) < 4.78 is 49.9. The number of hydrogen-bond donors (Lipinski definition) is 0. The van der Waals surface area contributed by atoms with Crippen LogP contribution in [0.4, 0.5) is 0 Å². The number of methoxy groups -OCH3 is 3. The Morgan fingerprint density at radius 3 is 2.20 bits per heavy atom. The molecule has 30 heavy (non-hydrogen) atoms. The highest BCUT2D eigenvalue weighted by molar-refractivity contribution is 7.90. The Morgan fingerprint density at radius 1 is 0.900 bits per heavy atom. The summed E-state index contributed by atoms with van der Waals surface area (Å²) in [7, 11) is 4.40. The molecule has 3 aromatic rings. The quantitative estimate of drug-likeness (QED) is 0.512. The largest absolute Gasteiger partial charge is 0.497 e. The maximum absolute atomic E-state index is 13.5. The molecule has 0 bridgehead atoms. The van der Waals surface area contributed by atoms with Gasteiger partial charge in [0, 0.05) is 18.0 Å². The lowest BCUT2D eigenvalue weighted by Gasteiger charge is -2.12. The van der Waals surface area contributed by atoms with Crippen molar-refractivity contribution in [3.05, 3.63) is 42.6 Å². The first kappa shape index (κ1) is 21.8. The van der Waals surface area contributed by atoms with Crippen LogP contribution in [0, 0.1) is 0 Å². The van der Waals surface area contributed by atoms with Crippen LogP contribution in [0.25, 0.3) is 10.9 Å². The van der Waals surface area contributed by atoms with Gasteiger partial charge in [0.25, 0.3) is 10.0 Å². The molecule has 3 rings (SSSR count). The van der Waals surface area contributed by atoms with Gasteiger partial charge in [-0.2, -0.15) is 0 Å². The van der Waals surface area contributed by atoms with Crippen molar-refractivity contribution < 1.29 is 27.4 Å². The number of likely N-dealkylation sites (N-methyl/N-ethyl adjacent to an activating group) is 1. The zero-order valence-electron chi connectivity index (χ0n) is 17.7. The van der Waals surface area contributed by atoms with Crippen LogP contribution in [0.5, 0.6) is 23.0 Å². The average Bonchev–Trinajstić information content (AvgIpc) is 3.11. The molecule has 9 heteroatoms. The second-order valence-electron chi connectivity index (χ2n) is 6.85. The van der Waals surface area contributed by atoms with Crippen LogP contribution < -0.4 is 18.9 Å². The van der Waals surface area contributed by atoms with Crippen molar-refractivity contribution in [3.8, 4) is 23.0 Å². The highest BCUT2D eigenvalue weighted by atomic mass is 32.2. The fourth-order valence-corrected chi connectivity index (χ4v) is 4.52. The molecule has 0 aliphatic carbocycles. The number of rotatable bonds is 9. The van der Waals surface area contributed by atoms with Crippen LogP contribution >= 0.6 is 0 Å². The lowest BCUT2D eigenvalue weighted by atomic mass is 10.2. The predicted molar refractivity (Wildman–Crippen MR) is 115 cm³/mol. The summed E-state index contributed by atoms with van der Waals surface area (Å²) in [6, 6.07) is 9.75. The molecule has 8 nitrogen and oxygen atoms in total. The van der Waals surface area contributed by atoms with Crippen molar-refractivity contribution in [2.75, 3.05) is 48.6 Å². The van der Waals surface area contributed by atoms with Gasteiger partial charge in [-0.05, 0) is 44.4 Å². The standard InChI is InChI=1S/C21H26N2O6S/c1-22(2)10-11-29-20-14-23(18-8-6-15(26-3)12-17(18)20)30(24,25)21-9-7-16(27-4)13-19(21)28-5/h6-9,12-14H,10-11H2,1-5H3. The van der Waals surface area contributed by atoms with Crippen LogP contribution in [0.2, 0.25) is 0 Å². The number of ether oxygens (including phenoxy) is 4. The van der Waals surface area contributed by atoms with E-state index in [1.807, 2.05) is 19.0 Å². The van der Waals surface area contributed by atoms with Crippen LogP contribution in [0.15, 0.2) is 47.5 Å². The van der Waals surface area contributed by atoms with Gasteiger partial charge < -0.3 is 23.8 Å². The zero-order chi connectivity index (χ0) is 21.9. The summed E-state index contributed by atoms with van der Waals surface area (Å²) >= 11 is 0. The molecule has 0 saturated heterocycles. The van der Waals surface area contributed by atoms with Gasteiger partial charge in [-0.3, -0.25) is 0 Å². The average molecular weight is 435 g/mol. The minimum atomic E-state index is -3.97. The highest BCUT2D eigenvalue weighted by Crippen LogP contribution is 2.36. The van der Waals surface area contributed by atoms with Crippen molar-refractivity contribution in [1.82, 2.24) is 8.87 Å². The molecule has 0 saturated carbocycles. The zero-order valence-corrected chi connectivity index (χ0v) is 18.5. The number of benzene rings is 2. The third-order valence-electron chi connectivity index (χ3n) is 4.64. The van der Waals surface area contributed by atoms with Crippen LogP contribution in [0.1, 0.15) is 0 Å². The number of hydrogen-bond acceptors (Lipinski definition) is 7. The molecule has 0 amide bonds. The van der Waals surface area contributed by atoms with E-state index in [2.05, 4.69) is 0 Å².